The summed E-state index contributed by atoms with van der Waals surface area (Å²) >= 11 is 1.46. The van der Waals surface area contributed by atoms with Gasteiger partial charge in [0.25, 0.3) is 0 Å². The average Bonchev–Trinajstić information content (AvgIpc) is 2.49. The minimum absolute atomic E-state index is 0.206. The molecule has 1 aromatic heterocycles. The van der Waals surface area contributed by atoms with E-state index in [-0.39, 0.29) is 6.04 Å². The first kappa shape index (κ1) is 9.61. The van der Waals surface area contributed by atoms with Crippen LogP contribution in [0.1, 0.15) is 37.0 Å². The van der Waals surface area contributed by atoms with Gasteiger partial charge in [0.15, 0.2) is 0 Å². The summed E-state index contributed by atoms with van der Waals surface area (Å²) in [5.41, 5.74) is 5.90. The van der Waals surface area contributed by atoms with E-state index in [9.17, 15) is 0 Å². The second-order valence-corrected chi connectivity index (χ2v) is 3.82. The van der Waals surface area contributed by atoms with E-state index in [1.54, 1.807) is 0 Å². The maximum absolute atomic E-state index is 5.90. The topological polar surface area (TPSA) is 51.8 Å². The molecule has 2 unspecified atom stereocenters. The van der Waals surface area contributed by atoms with Gasteiger partial charge in [-0.05, 0) is 24.9 Å². The highest BCUT2D eigenvalue weighted by Gasteiger charge is 2.16. The summed E-state index contributed by atoms with van der Waals surface area (Å²) in [7, 11) is 0. The molecule has 4 heteroatoms. The van der Waals surface area contributed by atoms with Crippen LogP contribution in [0.4, 0.5) is 0 Å². The summed E-state index contributed by atoms with van der Waals surface area (Å²) in [6.07, 6.45) is 0.986. The quantitative estimate of drug-likeness (QED) is 0.779. The van der Waals surface area contributed by atoms with Crippen molar-refractivity contribution in [3.05, 3.63) is 10.8 Å². The Balaban J connectivity index is 2.70. The first-order valence-corrected chi connectivity index (χ1v) is 4.98. The van der Waals surface area contributed by atoms with Crippen LogP contribution in [0.25, 0.3) is 0 Å². The molecule has 1 heterocycles. The van der Waals surface area contributed by atoms with Crippen LogP contribution in [0.3, 0.4) is 0 Å². The van der Waals surface area contributed by atoms with E-state index in [1.165, 1.54) is 11.5 Å². The average molecular weight is 185 g/mol. The van der Waals surface area contributed by atoms with Crippen LogP contribution in [0.5, 0.6) is 0 Å². The minimum Gasteiger partial charge on any atom is -0.327 e. The van der Waals surface area contributed by atoms with Crippen molar-refractivity contribution in [3.63, 3.8) is 0 Å². The number of nitrogens with two attached hydrogens (primary N) is 1. The second-order valence-electron chi connectivity index (χ2n) is 3.04. The van der Waals surface area contributed by atoms with Crippen molar-refractivity contribution in [1.29, 1.82) is 0 Å². The third kappa shape index (κ3) is 2.01. The largest absolute Gasteiger partial charge is 0.327 e. The number of hydrogen-bond acceptors (Lipinski definition) is 4. The van der Waals surface area contributed by atoms with Crippen molar-refractivity contribution in [1.82, 2.24) is 9.36 Å². The summed E-state index contributed by atoms with van der Waals surface area (Å²) in [4.78, 5) is 4.31. The van der Waals surface area contributed by atoms with Gasteiger partial charge >= 0.3 is 0 Å². The van der Waals surface area contributed by atoms with Gasteiger partial charge in [-0.1, -0.05) is 13.8 Å². The molecule has 68 valence electrons. The van der Waals surface area contributed by atoms with E-state index in [0.717, 1.165) is 17.3 Å². The van der Waals surface area contributed by atoms with E-state index in [2.05, 4.69) is 23.2 Å². The van der Waals surface area contributed by atoms with E-state index in [0.29, 0.717) is 5.92 Å². The molecule has 0 radical (unpaired) electrons. The lowest BCUT2D eigenvalue weighted by Crippen LogP contribution is -2.25. The van der Waals surface area contributed by atoms with Crippen molar-refractivity contribution >= 4 is 11.5 Å². The van der Waals surface area contributed by atoms with E-state index >= 15 is 0 Å². The van der Waals surface area contributed by atoms with E-state index in [1.807, 2.05) is 6.92 Å². The predicted octanol–water partition coefficient (Wildman–Crippen LogP) is 1.69. The number of aryl methyl sites for hydroxylation is 1. The lowest BCUT2D eigenvalue weighted by molar-refractivity contribution is 0.548. The Hall–Kier alpha value is -0.480. The van der Waals surface area contributed by atoms with Crippen LogP contribution in [0, 0.1) is 6.92 Å². The number of rotatable bonds is 3. The molecule has 2 N–H and O–H groups in total. The molecule has 2 atom stereocenters. The molecule has 0 aliphatic heterocycles. The first-order chi connectivity index (χ1) is 5.65. The fourth-order valence-corrected chi connectivity index (χ4v) is 1.82. The first-order valence-electron chi connectivity index (χ1n) is 4.21. The zero-order valence-corrected chi connectivity index (χ0v) is 8.56. The molecule has 0 aromatic carbocycles. The highest BCUT2D eigenvalue weighted by atomic mass is 32.1. The molecule has 1 aromatic rings. The van der Waals surface area contributed by atoms with Gasteiger partial charge in [-0.3, -0.25) is 0 Å². The Kier molecular flexibility index (Phi) is 3.17. The van der Waals surface area contributed by atoms with Gasteiger partial charge in [-0.15, -0.1) is 0 Å². The molecule has 0 amide bonds. The fraction of sp³-hybridized carbons (Fsp3) is 0.750. The van der Waals surface area contributed by atoms with E-state index in [4.69, 9.17) is 5.73 Å². The molecule has 0 bridgehead atoms. The van der Waals surface area contributed by atoms with Crippen LogP contribution in [-0.4, -0.2) is 15.4 Å². The van der Waals surface area contributed by atoms with Crippen LogP contribution in [0.2, 0.25) is 0 Å². The Labute approximate surface area is 77.2 Å². The van der Waals surface area contributed by atoms with E-state index < -0.39 is 0 Å². The summed E-state index contributed by atoms with van der Waals surface area (Å²) in [6, 6.07) is 0.206. The summed E-state index contributed by atoms with van der Waals surface area (Å²) in [5, 5.41) is 1.06. The van der Waals surface area contributed by atoms with Gasteiger partial charge in [-0.25, -0.2) is 4.98 Å². The fourth-order valence-electron chi connectivity index (χ4n) is 1.03. The van der Waals surface area contributed by atoms with Crippen LogP contribution < -0.4 is 5.73 Å². The maximum atomic E-state index is 5.90. The number of hydrogen-bond donors (Lipinski definition) is 1. The maximum Gasteiger partial charge on any atom is 0.139 e. The smallest absolute Gasteiger partial charge is 0.139 e. The van der Waals surface area contributed by atoms with Crippen molar-refractivity contribution in [2.45, 2.75) is 39.2 Å². The van der Waals surface area contributed by atoms with Gasteiger partial charge in [0.05, 0.1) is 0 Å². The highest BCUT2D eigenvalue weighted by molar-refractivity contribution is 7.05. The normalized spacial score (nSPS) is 16.0. The van der Waals surface area contributed by atoms with Crippen molar-refractivity contribution in [2.75, 3.05) is 0 Å². The van der Waals surface area contributed by atoms with Crippen molar-refractivity contribution in [3.8, 4) is 0 Å². The zero-order valence-electron chi connectivity index (χ0n) is 7.74. The molecule has 12 heavy (non-hydrogen) atoms. The Bertz CT molecular complexity index is 246. The lowest BCUT2D eigenvalue weighted by atomic mass is 10.0. The minimum atomic E-state index is 0.206. The van der Waals surface area contributed by atoms with Gasteiger partial charge in [0.1, 0.15) is 10.8 Å². The summed E-state index contributed by atoms with van der Waals surface area (Å²) in [5.74, 6) is 1.19. The summed E-state index contributed by atoms with van der Waals surface area (Å²) in [6.45, 7) is 6.10. The predicted molar refractivity (Wildman–Crippen MR) is 51.3 cm³/mol. The third-order valence-corrected chi connectivity index (χ3v) is 3.05. The summed E-state index contributed by atoms with van der Waals surface area (Å²) < 4.78 is 4.13. The molecule has 0 saturated heterocycles. The molecular formula is C8H15N3S. The molecule has 1 rings (SSSR count). The Morgan fingerprint density at radius 3 is 2.67 bits per heavy atom. The molecule has 0 aliphatic carbocycles. The lowest BCUT2D eigenvalue weighted by Gasteiger charge is -2.14. The van der Waals surface area contributed by atoms with Gasteiger partial charge < -0.3 is 5.73 Å². The van der Waals surface area contributed by atoms with Crippen LogP contribution in [0.15, 0.2) is 0 Å². The molecule has 0 aliphatic rings. The van der Waals surface area contributed by atoms with Crippen LogP contribution >= 0.6 is 11.5 Å². The van der Waals surface area contributed by atoms with Gasteiger partial charge in [0.2, 0.25) is 0 Å². The Morgan fingerprint density at radius 1 is 1.58 bits per heavy atom. The SMILES string of the molecule is CCC(N)C(C)c1nc(C)ns1. The molecule has 0 fully saturated rings. The highest BCUT2D eigenvalue weighted by Crippen LogP contribution is 2.20. The molecule has 3 nitrogen and oxygen atoms in total. The molecule has 0 saturated carbocycles. The molecule has 0 spiro atoms. The van der Waals surface area contributed by atoms with Crippen LogP contribution in [-0.2, 0) is 0 Å². The monoisotopic (exact) mass is 185 g/mol. The Morgan fingerprint density at radius 2 is 2.25 bits per heavy atom. The second kappa shape index (κ2) is 3.96. The van der Waals surface area contributed by atoms with Crippen molar-refractivity contribution in [2.24, 2.45) is 5.73 Å². The van der Waals surface area contributed by atoms with Gasteiger partial charge in [0, 0.05) is 12.0 Å². The number of nitrogens with zero attached hydrogens (tertiary/aromatic N) is 2. The van der Waals surface area contributed by atoms with Gasteiger partial charge in [-0.2, -0.15) is 4.37 Å². The standard InChI is InChI=1S/C8H15N3S/c1-4-7(9)5(2)8-10-6(3)11-12-8/h5,7H,4,9H2,1-3H3. The number of aromatic nitrogens is 2. The zero-order chi connectivity index (χ0) is 9.14. The molecular weight excluding hydrogens is 170 g/mol. The third-order valence-electron chi connectivity index (χ3n) is 2.05. The van der Waals surface area contributed by atoms with Crippen molar-refractivity contribution < 1.29 is 0 Å².